The molecule has 1 amide bonds. The molecule has 0 heterocycles. The summed E-state index contributed by atoms with van der Waals surface area (Å²) in [6.07, 6.45) is 32.7. The fourth-order valence-corrected chi connectivity index (χ4v) is 4.87. The van der Waals surface area contributed by atoms with Gasteiger partial charge in [0.25, 0.3) is 0 Å². The molecule has 0 fully saturated rings. The van der Waals surface area contributed by atoms with E-state index in [-0.39, 0.29) is 5.91 Å². The minimum absolute atomic E-state index is 0.172. The minimum atomic E-state index is 0.172. The summed E-state index contributed by atoms with van der Waals surface area (Å²) in [7, 11) is 0. The van der Waals surface area contributed by atoms with Crippen LogP contribution in [-0.2, 0) is 4.79 Å². The normalized spacial score (nSPS) is 11.1. The molecule has 0 saturated heterocycles. The highest BCUT2D eigenvalue weighted by Gasteiger charge is 2.13. The van der Waals surface area contributed by atoms with Crippen molar-refractivity contribution >= 4 is 5.91 Å². The van der Waals surface area contributed by atoms with E-state index in [0.717, 1.165) is 25.9 Å². The minimum Gasteiger partial charge on any atom is -0.339 e. The molecular weight excluding hydrogens is 414 g/mol. The lowest BCUT2D eigenvalue weighted by atomic mass is 10.0. The van der Waals surface area contributed by atoms with Crippen LogP contribution in [0.3, 0.4) is 0 Å². The molecule has 0 N–H and O–H groups in total. The highest BCUT2D eigenvalue weighted by Crippen LogP contribution is 2.14. The molecule has 0 unspecified atom stereocenters. The molecule has 0 rings (SSSR count). The van der Waals surface area contributed by atoms with E-state index in [4.69, 9.17) is 0 Å². The first kappa shape index (κ1) is 33.2. The Labute approximate surface area is 215 Å². The second kappa shape index (κ2) is 26.8. The molecule has 0 aromatic carbocycles. The first-order valence-electron chi connectivity index (χ1n) is 15.6. The number of hydrogen-bond donors (Lipinski definition) is 0. The standard InChI is InChI=1S/C32H63NO/c1-5-7-9-11-13-15-17-19-21-23-25-27-29-33(32(34)31(3)4)30-28-26-24-22-20-18-16-14-12-10-8-6-2/h3,5-30H2,1-2,4H3. The topological polar surface area (TPSA) is 20.3 Å². The third kappa shape index (κ3) is 23.0. The molecule has 2 nitrogen and oxygen atoms in total. The lowest BCUT2D eigenvalue weighted by Crippen LogP contribution is -2.33. The maximum absolute atomic E-state index is 12.5. The van der Waals surface area contributed by atoms with E-state index >= 15 is 0 Å². The molecule has 0 aliphatic carbocycles. The monoisotopic (exact) mass is 477 g/mol. The Hall–Kier alpha value is -0.790. The van der Waals surface area contributed by atoms with Crippen molar-refractivity contribution < 1.29 is 4.79 Å². The Kier molecular flexibility index (Phi) is 26.2. The number of amides is 1. The van der Waals surface area contributed by atoms with Gasteiger partial charge in [-0.1, -0.05) is 162 Å². The Morgan fingerprint density at radius 2 is 0.706 bits per heavy atom. The summed E-state index contributed by atoms with van der Waals surface area (Å²) in [6, 6.07) is 0. The van der Waals surface area contributed by atoms with Gasteiger partial charge < -0.3 is 4.90 Å². The summed E-state index contributed by atoms with van der Waals surface area (Å²) in [5, 5.41) is 0. The zero-order valence-corrected chi connectivity index (χ0v) is 23.9. The highest BCUT2D eigenvalue weighted by atomic mass is 16.2. The van der Waals surface area contributed by atoms with Gasteiger partial charge in [-0.3, -0.25) is 4.79 Å². The number of carbonyl (C=O) groups is 1. The lowest BCUT2D eigenvalue weighted by Gasteiger charge is -2.23. The van der Waals surface area contributed by atoms with E-state index in [1.54, 1.807) is 0 Å². The van der Waals surface area contributed by atoms with Crippen molar-refractivity contribution in [1.82, 2.24) is 4.90 Å². The fraction of sp³-hybridized carbons (Fsp3) is 0.906. The fourth-order valence-electron chi connectivity index (χ4n) is 4.87. The van der Waals surface area contributed by atoms with Crippen molar-refractivity contribution in [3.05, 3.63) is 12.2 Å². The van der Waals surface area contributed by atoms with Crippen molar-refractivity contribution in [1.29, 1.82) is 0 Å². The van der Waals surface area contributed by atoms with Gasteiger partial charge in [0.1, 0.15) is 0 Å². The number of nitrogens with zero attached hydrogens (tertiary/aromatic N) is 1. The van der Waals surface area contributed by atoms with E-state index in [1.807, 2.05) is 6.92 Å². The lowest BCUT2D eigenvalue weighted by molar-refractivity contribution is -0.127. The van der Waals surface area contributed by atoms with E-state index in [9.17, 15) is 4.79 Å². The van der Waals surface area contributed by atoms with E-state index in [0.29, 0.717) is 5.57 Å². The van der Waals surface area contributed by atoms with Gasteiger partial charge in [-0.15, -0.1) is 0 Å². The second-order valence-corrected chi connectivity index (χ2v) is 10.9. The third-order valence-electron chi connectivity index (χ3n) is 7.22. The summed E-state index contributed by atoms with van der Waals surface area (Å²) in [5.41, 5.74) is 0.692. The molecule has 2 heteroatoms. The first-order chi connectivity index (χ1) is 16.6. The largest absolute Gasteiger partial charge is 0.339 e. The van der Waals surface area contributed by atoms with Gasteiger partial charge in [0.05, 0.1) is 0 Å². The van der Waals surface area contributed by atoms with Crippen LogP contribution < -0.4 is 0 Å². The van der Waals surface area contributed by atoms with Crippen LogP contribution in [0.2, 0.25) is 0 Å². The first-order valence-corrected chi connectivity index (χ1v) is 15.6. The predicted molar refractivity (Wildman–Crippen MR) is 154 cm³/mol. The van der Waals surface area contributed by atoms with Crippen molar-refractivity contribution in [3.63, 3.8) is 0 Å². The number of rotatable bonds is 27. The van der Waals surface area contributed by atoms with Gasteiger partial charge in [0, 0.05) is 18.7 Å². The summed E-state index contributed by atoms with van der Waals surface area (Å²) in [4.78, 5) is 14.6. The van der Waals surface area contributed by atoms with Gasteiger partial charge in [0.15, 0.2) is 0 Å². The van der Waals surface area contributed by atoms with Crippen LogP contribution in [0.25, 0.3) is 0 Å². The van der Waals surface area contributed by atoms with E-state index in [1.165, 1.54) is 141 Å². The molecule has 0 bridgehead atoms. The van der Waals surface area contributed by atoms with Crippen LogP contribution in [0.5, 0.6) is 0 Å². The summed E-state index contributed by atoms with van der Waals surface area (Å²) in [6.45, 7) is 12.2. The Bertz CT molecular complexity index is 416. The van der Waals surface area contributed by atoms with Crippen molar-refractivity contribution in [2.45, 2.75) is 175 Å². The molecule has 0 radical (unpaired) electrons. The molecule has 0 aromatic heterocycles. The Morgan fingerprint density at radius 1 is 0.471 bits per heavy atom. The molecule has 0 spiro atoms. The van der Waals surface area contributed by atoms with Crippen molar-refractivity contribution in [3.8, 4) is 0 Å². The van der Waals surface area contributed by atoms with E-state index < -0.39 is 0 Å². The summed E-state index contributed by atoms with van der Waals surface area (Å²) in [5.74, 6) is 0.172. The van der Waals surface area contributed by atoms with Crippen LogP contribution in [0.15, 0.2) is 12.2 Å². The molecule has 202 valence electrons. The van der Waals surface area contributed by atoms with Crippen LogP contribution in [0.4, 0.5) is 0 Å². The smallest absolute Gasteiger partial charge is 0.248 e. The Morgan fingerprint density at radius 3 is 0.941 bits per heavy atom. The quantitative estimate of drug-likeness (QED) is 0.0850. The average molecular weight is 478 g/mol. The van der Waals surface area contributed by atoms with Gasteiger partial charge in [-0.2, -0.15) is 0 Å². The third-order valence-corrected chi connectivity index (χ3v) is 7.22. The molecular formula is C32H63NO. The summed E-state index contributed by atoms with van der Waals surface area (Å²) >= 11 is 0. The van der Waals surface area contributed by atoms with Crippen LogP contribution in [-0.4, -0.2) is 23.9 Å². The zero-order chi connectivity index (χ0) is 25.1. The maximum Gasteiger partial charge on any atom is 0.248 e. The van der Waals surface area contributed by atoms with Crippen molar-refractivity contribution in [2.24, 2.45) is 0 Å². The van der Waals surface area contributed by atoms with Crippen LogP contribution in [0, 0.1) is 0 Å². The highest BCUT2D eigenvalue weighted by molar-refractivity contribution is 5.92. The SMILES string of the molecule is C=C(C)C(=O)N(CCCCCCCCCCCCCC)CCCCCCCCCCCCCC. The molecule has 0 aliphatic rings. The van der Waals surface area contributed by atoms with Gasteiger partial charge >= 0.3 is 0 Å². The zero-order valence-electron chi connectivity index (χ0n) is 23.9. The summed E-state index contributed by atoms with van der Waals surface area (Å²) < 4.78 is 0. The average Bonchev–Trinajstić information content (AvgIpc) is 2.83. The molecule has 0 aromatic rings. The van der Waals surface area contributed by atoms with Gasteiger partial charge in [-0.25, -0.2) is 0 Å². The predicted octanol–water partition coefficient (Wildman–Crippen LogP) is 10.8. The van der Waals surface area contributed by atoms with E-state index in [2.05, 4.69) is 25.3 Å². The van der Waals surface area contributed by atoms with Gasteiger partial charge in [0.2, 0.25) is 5.91 Å². The number of unbranched alkanes of at least 4 members (excludes halogenated alkanes) is 22. The molecule has 34 heavy (non-hydrogen) atoms. The van der Waals surface area contributed by atoms with Crippen LogP contribution >= 0.6 is 0 Å². The number of hydrogen-bond acceptors (Lipinski definition) is 1. The van der Waals surface area contributed by atoms with Crippen molar-refractivity contribution in [2.75, 3.05) is 13.1 Å². The maximum atomic E-state index is 12.5. The second-order valence-electron chi connectivity index (χ2n) is 10.9. The van der Waals surface area contributed by atoms with Gasteiger partial charge in [-0.05, 0) is 19.8 Å². The molecule has 0 atom stereocenters. The molecule has 0 saturated carbocycles. The van der Waals surface area contributed by atoms with Crippen LogP contribution in [0.1, 0.15) is 175 Å². The number of carbonyl (C=O) groups excluding carboxylic acids is 1. The molecule has 0 aliphatic heterocycles. The Balaban J connectivity index is 3.69.